The van der Waals surface area contributed by atoms with E-state index >= 15 is 0 Å². The lowest BCUT2D eigenvalue weighted by Gasteiger charge is -2.08. The zero-order chi connectivity index (χ0) is 14.7. The lowest BCUT2D eigenvalue weighted by Crippen LogP contribution is -2.38. The number of nitrogens with one attached hydrogen (secondary N) is 1. The van der Waals surface area contributed by atoms with E-state index in [9.17, 15) is 4.79 Å². The van der Waals surface area contributed by atoms with Crippen LogP contribution in [-0.2, 0) is 11.3 Å². The molecule has 114 valence electrons. The maximum Gasteiger partial charge on any atom is 0.236 e. The summed E-state index contributed by atoms with van der Waals surface area (Å²) in [6.07, 6.45) is 0. The van der Waals surface area contributed by atoms with E-state index in [0.29, 0.717) is 6.54 Å². The highest BCUT2D eigenvalue weighted by Crippen LogP contribution is 2.17. The number of amides is 1. The van der Waals surface area contributed by atoms with Crippen molar-refractivity contribution in [2.75, 3.05) is 0 Å². The maximum absolute atomic E-state index is 11.6. The van der Waals surface area contributed by atoms with Gasteiger partial charge in [0.2, 0.25) is 5.91 Å². The van der Waals surface area contributed by atoms with Crippen LogP contribution >= 0.6 is 12.4 Å². The highest BCUT2D eigenvalue weighted by atomic mass is 35.5. The summed E-state index contributed by atoms with van der Waals surface area (Å²) in [6, 6.07) is 9.43. The van der Waals surface area contributed by atoms with Crippen LogP contribution in [0.15, 0.2) is 30.3 Å². The third-order valence-electron chi connectivity index (χ3n) is 3.29. The second-order valence-electron chi connectivity index (χ2n) is 4.90. The number of aryl methyl sites for hydroxylation is 1. The van der Waals surface area contributed by atoms with E-state index in [-0.39, 0.29) is 18.3 Å². The molecule has 0 aliphatic rings. The Morgan fingerprint density at radius 1 is 1.33 bits per heavy atom. The lowest BCUT2D eigenvalue weighted by molar-refractivity contribution is -0.122. The van der Waals surface area contributed by atoms with Crippen LogP contribution in [0.2, 0.25) is 0 Å². The fourth-order valence-electron chi connectivity index (χ4n) is 2.09. The molecule has 0 aliphatic carbocycles. The molecule has 0 aliphatic heterocycles. The first-order valence-electron chi connectivity index (χ1n) is 6.64. The van der Waals surface area contributed by atoms with Gasteiger partial charge in [0.25, 0.3) is 0 Å². The Morgan fingerprint density at radius 3 is 2.52 bits per heavy atom. The number of rotatable bonds is 4. The zero-order valence-corrected chi connectivity index (χ0v) is 13.3. The highest BCUT2D eigenvalue weighted by molar-refractivity contribution is 5.85. The van der Waals surface area contributed by atoms with Crippen LogP contribution < -0.4 is 11.1 Å². The first-order chi connectivity index (χ1) is 9.50. The Kier molecular flexibility index (Phi) is 5.93. The van der Waals surface area contributed by atoms with E-state index in [0.717, 1.165) is 22.6 Å². The number of aromatic nitrogens is 2. The Hall–Kier alpha value is -1.85. The van der Waals surface area contributed by atoms with Gasteiger partial charge in [-0.1, -0.05) is 18.2 Å². The molecule has 0 saturated heterocycles. The van der Waals surface area contributed by atoms with E-state index in [1.54, 1.807) is 6.92 Å². The Balaban J connectivity index is 0.00000220. The molecule has 2 rings (SSSR count). The second-order valence-corrected chi connectivity index (χ2v) is 4.90. The SMILES string of the molecule is Cc1nn(-c2ccccc2)c(C)c1CNC(=O)[C@@H](C)N.Cl. The van der Waals surface area contributed by atoms with Gasteiger partial charge in [-0.25, -0.2) is 4.68 Å². The van der Waals surface area contributed by atoms with Gasteiger partial charge < -0.3 is 11.1 Å². The Bertz CT molecular complexity index is 608. The summed E-state index contributed by atoms with van der Waals surface area (Å²) in [4.78, 5) is 11.6. The molecule has 0 spiro atoms. The molecule has 1 aromatic heterocycles. The molecule has 21 heavy (non-hydrogen) atoms. The normalized spacial score (nSPS) is 11.6. The van der Waals surface area contributed by atoms with E-state index < -0.39 is 6.04 Å². The third-order valence-corrected chi connectivity index (χ3v) is 3.29. The summed E-state index contributed by atoms with van der Waals surface area (Å²) in [5.41, 5.74) is 9.52. The van der Waals surface area contributed by atoms with Crippen molar-refractivity contribution in [3.05, 3.63) is 47.3 Å². The fraction of sp³-hybridized carbons (Fsp3) is 0.333. The minimum atomic E-state index is -0.500. The number of nitrogens with two attached hydrogens (primary N) is 1. The summed E-state index contributed by atoms with van der Waals surface area (Å²) in [5, 5.41) is 7.36. The number of benzene rings is 1. The Morgan fingerprint density at radius 2 is 1.95 bits per heavy atom. The molecule has 1 heterocycles. The number of hydrogen-bond donors (Lipinski definition) is 2. The molecule has 1 aromatic carbocycles. The predicted molar refractivity (Wildman–Crippen MR) is 85.8 cm³/mol. The predicted octanol–water partition coefficient (Wildman–Crippen LogP) is 1.87. The van der Waals surface area contributed by atoms with E-state index in [2.05, 4.69) is 10.4 Å². The highest BCUT2D eigenvalue weighted by Gasteiger charge is 2.14. The van der Waals surface area contributed by atoms with Gasteiger partial charge in [0.15, 0.2) is 0 Å². The van der Waals surface area contributed by atoms with Crippen LogP contribution in [0.4, 0.5) is 0 Å². The molecule has 0 bridgehead atoms. The topological polar surface area (TPSA) is 72.9 Å². The number of halogens is 1. The number of carbonyl (C=O) groups excluding carboxylic acids is 1. The second kappa shape index (κ2) is 7.24. The fourth-order valence-corrected chi connectivity index (χ4v) is 2.09. The van der Waals surface area contributed by atoms with Crippen molar-refractivity contribution in [1.82, 2.24) is 15.1 Å². The number of nitrogens with zero attached hydrogens (tertiary/aromatic N) is 2. The number of carbonyl (C=O) groups is 1. The smallest absolute Gasteiger partial charge is 0.236 e. The van der Waals surface area contributed by atoms with Crippen LogP contribution in [0.1, 0.15) is 23.9 Å². The molecule has 3 N–H and O–H groups in total. The monoisotopic (exact) mass is 308 g/mol. The largest absolute Gasteiger partial charge is 0.351 e. The summed E-state index contributed by atoms with van der Waals surface area (Å²) >= 11 is 0. The molecule has 0 unspecified atom stereocenters. The van der Waals surface area contributed by atoms with Crippen molar-refractivity contribution in [3.63, 3.8) is 0 Å². The van der Waals surface area contributed by atoms with Gasteiger partial charge in [0, 0.05) is 17.8 Å². The molecule has 5 nitrogen and oxygen atoms in total. The standard InChI is InChI=1S/C15H20N4O.ClH/c1-10(16)15(20)17-9-14-11(2)18-19(12(14)3)13-7-5-4-6-8-13;/h4-8,10H,9,16H2,1-3H3,(H,17,20);1H/t10-;/m1./s1. The van der Waals surface area contributed by atoms with Gasteiger partial charge in [-0.3, -0.25) is 4.79 Å². The molecular formula is C15H21ClN4O. The number of para-hydroxylation sites is 1. The zero-order valence-electron chi connectivity index (χ0n) is 12.5. The average Bonchev–Trinajstić information content (AvgIpc) is 2.72. The molecule has 0 radical (unpaired) electrons. The van der Waals surface area contributed by atoms with Crippen molar-refractivity contribution in [2.24, 2.45) is 5.73 Å². The maximum atomic E-state index is 11.6. The van der Waals surface area contributed by atoms with Crippen molar-refractivity contribution in [3.8, 4) is 5.69 Å². The van der Waals surface area contributed by atoms with Crippen molar-refractivity contribution >= 4 is 18.3 Å². The van der Waals surface area contributed by atoms with Crippen LogP contribution in [0.25, 0.3) is 5.69 Å². The third kappa shape index (κ3) is 3.83. The summed E-state index contributed by atoms with van der Waals surface area (Å²) < 4.78 is 1.89. The molecule has 6 heteroatoms. The van der Waals surface area contributed by atoms with Gasteiger partial charge in [0.1, 0.15) is 0 Å². The average molecular weight is 309 g/mol. The molecule has 2 aromatic rings. The quantitative estimate of drug-likeness (QED) is 0.905. The van der Waals surface area contributed by atoms with Gasteiger partial charge in [-0.15, -0.1) is 12.4 Å². The van der Waals surface area contributed by atoms with Crippen LogP contribution in [0, 0.1) is 13.8 Å². The minimum Gasteiger partial charge on any atom is -0.351 e. The summed E-state index contributed by atoms with van der Waals surface area (Å²) in [7, 11) is 0. The molecule has 1 atom stereocenters. The van der Waals surface area contributed by atoms with Crippen LogP contribution in [0.3, 0.4) is 0 Å². The molecule has 0 saturated carbocycles. The minimum absolute atomic E-state index is 0. The first kappa shape index (κ1) is 17.2. The van der Waals surface area contributed by atoms with Crippen LogP contribution in [-0.4, -0.2) is 21.7 Å². The summed E-state index contributed by atoms with van der Waals surface area (Å²) in [5.74, 6) is -0.156. The van der Waals surface area contributed by atoms with Gasteiger partial charge in [-0.05, 0) is 32.9 Å². The van der Waals surface area contributed by atoms with Crippen molar-refractivity contribution in [1.29, 1.82) is 0 Å². The first-order valence-corrected chi connectivity index (χ1v) is 6.64. The van der Waals surface area contributed by atoms with Crippen molar-refractivity contribution in [2.45, 2.75) is 33.4 Å². The molecule has 0 fully saturated rings. The number of hydrogen-bond acceptors (Lipinski definition) is 3. The van der Waals surface area contributed by atoms with E-state index in [4.69, 9.17) is 5.73 Å². The van der Waals surface area contributed by atoms with Crippen LogP contribution in [0.5, 0.6) is 0 Å². The molecular weight excluding hydrogens is 288 g/mol. The summed E-state index contributed by atoms with van der Waals surface area (Å²) in [6.45, 7) is 6.06. The lowest BCUT2D eigenvalue weighted by atomic mass is 10.2. The van der Waals surface area contributed by atoms with E-state index in [1.807, 2.05) is 48.9 Å². The van der Waals surface area contributed by atoms with Crippen molar-refractivity contribution < 1.29 is 4.79 Å². The van der Waals surface area contributed by atoms with Gasteiger partial charge >= 0.3 is 0 Å². The van der Waals surface area contributed by atoms with Gasteiger partial charge in [0.05, 0.1) is 17.4 Å². The Labute approximate surface area is 130 Å². The van der Waals surface area contributed by atoms with Gasteiger partial charge in [-0.2, -0.15) is 5.10 Å². The van der Waals surface area contributed by atoms with E-state index in [1.165, 1.54) is 0 Å². The molecule has 1 amide bonds.